The summed E-state index contributed by atoms with van der Waals surface area (Å²) in [7, 11) is 1.33. The highest BCUT2D eigenvalue weighted by molar-refractivity contribution is 6.31. The summed E-state index contributed by atoms with van der Waals surface area (Å²) in [5.74, 6) is -0.945. The van der Waals surface area contributed by atoms with Crippen molar-refractivity contribution in [3.63, 3.8) is 0 Å². The molecule has 5 nitrogen and oxygen atoms in total. The minimum atomic E-state index is -0.432. The Labute approximate surface area is 174 Å². The number of carbonyl (C=O) groups excluding carboxylic acids is 2. The molecule has 1 amide bonds. The molecular weight excluding hydrogens is 395 g/mol. The summed E-state index contributed by atoms with van der Waals surface area (Å²) in [5.41, 5.74) is 2.21. The quantitative estimate of drug-likeness (QED) is 0.730. The molecule has 1 fully saturated rings. The summed E-state index contributed by atoms with van der Waals surface area (Å²) in [6, 6.07) is 9.85. The van der Waals surface area contributed by atoms with Gasteiger partial charge in [-0.25, -0.2) is 9.18 Å². The first-order chi connectivity index (χ1) is 13.9. The van der Waals surface area contributed by atoms with Crippen molar-refractivity contribution in [3.8, 4) is 0 Å². The van der Waals surface area contributed by atoms with Gasteiger partial charge in [0, 0.05) is 28.7 Å². The molecule has 0 saturated carbocycles. The predicted octanol–water partition coefficient (Wildman–Crippen LogP) is 4.42. The molecule has 1 aliphatic rings. The number of halogens is 2. The molecule has 1 aliphatic heterocycles. The van der Waals surface area contributed by atoms with Crippen molar-refractivity contribution in [2.45, 2.75) is 26.3 Å². The third-order valence-electron chi connectivity index (χ3n) is 5.40. The van der Waals surface area contributed by atoms with Gasteiger partial charge in [0.15, 0.2) is 0 Å². The van der Waals surface area contributed by atoms with E-state index < -0.39 is 5.97 Å². The molecule has 0 unspecified atom stereocenters. The molecule has 0 radical (unpaired) electrons. The Bertz CT molecular complexity index is 891. The largest absolute Gasteiger partial charge is 0.465 e. The number of nitrogens with zero attached hydrogens (tertiary/aromatic N) is 1. The van der Waals surface area contributed by atoms with Gasteiger partial charge in [-0.2, -0.15) is 0 Å². The van der Waals surface area contributed by atoms with Gasteiger partial charge in [-0.05, 0) is 62.7 Å². The first kappa shape index (κ1) is 21.3. The lowest BCUT2D eigenvalue weighted by Crippen LogP contribution is -2.38. The molecule has 1 saturated heterocycles. The fraction of sp³-hybridized carbons (Fsp3) is 0.364. The number of piperidine rings is 1. The normalized spacial score (nSPS) is 15.2. The van der Waals surface area contributed by atoms with Gasteiger partial charge < -0.3 is 10.1 Å². The van der Waals surface area contributed by atoms with E-state index in [1.165, 1.54) is 13.2 Å². The van der Waals surface area contributed by atoms with E-state index in [2.05, 4.69) is 10.2 Å². The number of nitrogens with one attached hydrogen (secondary N) is 1. The van der Waals surface area contributed by atoms with Gasteiger partial charge in [0.05, 0.1) is 12.7 Å². The van der Waals surface area contributed by atoms with Crippen LogP contribution in [0.4, 0.5) is 10.1 Å². The van der Waals surface area contributed by atoms with Gasteiger partial charge in [-0.15, -0.1) is 0 Å². The topological polar surface area (TPSA) is 58.6 Å². The molecule has 1 heterocycles. The van der Waals surface area contributed by atoms with E-state index in [9.17, 15) is 14.0 Å². The number of esters is 1. The number of carbonyl (C=O) groups is 2. The van der Waals surface area contributed by atoms with Crippen molar-refractivity contribution in [1.82, 2.24) is 4.90 Å². The van der Waals surface area contributed by atoms with Gasteiger partial charge in [-0.3, -0.25) is 9.69 Å². The zero-order chi connectivity index (χ0) is 21.0. The van der Waals surface area contributed by atoms with E-state index in [4.69, 9.17) is 16.3 Å². The lowest BCUT2D eigenvalue weighted by atomic mass is 9.95. The molecule has 0 aromatic heterocycles. The Kier molecular flexibility index (Phi) is 6.87. The Balaban J connectivity index is 1.59. The molecule has 0 aliphatic carbocycles. The Morgan fingerprint density at radius 3 is 2.55 bits per heavy atom. The van der Waals surface area contributed by atoms with E-state index >= 15 is 0 Å². The number of amides is 1. The van der Waals surface area contributed by atoms with Crippen LogP contribution in [0.3, 0.4) is 0 Å². The van der Waals surface area contributed by atoms with Crippen LogP contribution in [0.15, 0.2) is 36.4 Å². The van der Waals surface area contributed by atoms with Crippen LogP contribution in [0.2, 0.25) is 5.02 Å². The zero-order valence-corrected chi connectivity index (χ0v) is 17.3. The monoisotopic (exact) mass is 418 g/mol. The Hall–Kier alpha value is -2.44. The van der Waals surface area contributed by atoms with Crippen LogP contribution in [-0.2, 0) is 16.1 Å². The van der Waals surface area contributed by atoms with Gasteiger partial charge in [-0.1, -0.05) is 23.7 Å². The molecule has 1 N–H and O–H groups in total. The van der Waals surface area contributed by atoms with Crippen molar-refractivity contribution in [1.29, 1.82) is 0 Å². The molecule has 7 heteroatoms. The summed E-state index contributed by atoms with van der Waals surface area (Å²) < 4.78 is 18.8. The van der Waals surface area contributed by atoms with E-state index in [1.54, 1.807) is 37.3 Å². The smallest absolute Gasteiger partial charge is 0.338 e. The second kappa shape index (κ2) is 9.37. The number of hydrogen-bond donors (Lipinski definition) is 1. The number of ether oxygens (including phenoxy) is 1. The van der Waals surface area contributed by atoms with E-state index in [0.717, 1.165) is 0 Å². The van der Waals surface area contributed by atoms with Crippen molar-refractivity contribution in [3.05, 3.63) is 63.9 Å². The van der Waals surface area contributed by atoms with Gasteiger partial charge in [0.25, 0.3) is 0 Å². The first-order valence-electron chi connectivity index (χ1n) is 9.54. The lowest BCUT2D eigenvalue weighted by Gasteiger charge is -2.31. The van der Waals surface area contributed by atoms with E-state index in [1.807, 2.05) is 0 Å². The van der Waals surface area contributed by atoms with Gasteiger partial charge in [0.1, 0.15) is 5.82 Å². The summed E-state index contributed by atoms with van der Waals surface area (Å²) in [5, 5.41) is 3.36. The third-order valence-corrected chi connectivity index (χ3v) is 5.75. The van der Waals surface area contributed by atoms with Crippen LogP contribution < -0.4 is 5.32 Å². The number of rotatable bonds is 5. The Morgan fingerprint density at radius 1 is 1.21 bits per heavy atom. The highest BCUT2D eigenvalue weighted by Crippen LogP contribution is 2.26. The van der Waals surface area contributed by atoms with Crippen LogP contribution in [-0.4, -0.2) is 37.0 Å². The standard InChI is InChI=1S/C22H24ClFN2O3/c1-14-16(22(28)29-2)5-3-8-20(14)25-21(27)15-9-11-26(12-10-15)13-17-18(23)6-4-7-19(17)24/h3-8,15H,9-13H2,1-2H3,(H,25,27). The molecule has 0 spiro atoms. The maximum absolute atomic E-state index is 14.0. The fourth-order valence-corrected chi connectivity index (χ4v) is 3.82. The van der Waals surface area contributed by atoms with Crippen LogP contribution >= 0.6 is 11.6 Å². The highest BCUT2D eigenvalue weighted by atomic mass is 35.5. The summed E-state index contributed by atoms with van der Waals surface area (Å²) >= 11 is 6.11. The number of benzene rings is 2. The Morgan fingerprint density at radius 2 is 1.90 bits per heavy atom. The second-order valence-corrected chi connectivity index (χ2v) is 7.62. The molecule has 2 aromatic rings. The van der Waals surface area contributed by atoms with Crippen molar-refractivity contribution in [2.75, 3.05) is 25.5 Å². The van der Waals surface area contributed by atoms with Gasteiger partial charge in [0.2, 0.25) is 5.91 Å². The molecule has 0 bridgehead atoms. The fourth-order valence-electron chi connectivity index (χ4n) is 3.60. The number of anilines is 1. The zero-order valence-electron chi connectivity index (χ0n) is 16.5. The molecule has 154 valence electrons. The minimum absolute atomic E-state index is 0.0707. The van der Waals surface area contributed by atoms with Crippen LogP contribution in [0.5, 0.6) is 0 Å². The molecular formula is C22H24ClFN2O3. The molecule has 0 atom stereocenters. The highest BCUT2D eigenvalue weighted by Gasteiger charge is 2.26. The molecule has 2 aromatic carbocycles. The summed E-state index contributed by atoms with van der Waals surface area (Å²) in [4.78, 5) is 26.7. The SMILES string of the molecule is COC(=O)c1cccc(NC(=O)C2CCN(Cc3c(F)cccc3Cl)CC2)c1C. The van der Waals surface area contributed by atoms with E-state index in [0.29, 0.717) is 59.9 Å². The van der Waals surface area contributed by atoms with Crippen LogP contribution in [0.25, 0.3) is 0 Å². The number of hydrogen-bond acceptors (Lipinski definition) is 4. The van der Waals surface area contributed by atoms with Crippen LogP contribution in [0, 0.1) is 18.7 Å². The predicted molar refractivity (Wildman–Crippen MR) is 111 cm³/mol. The lowest BCUT2D eigenvalue weighted by molar-refractivity contribution is -0.121. The van der Waals surface area contributed by atoms with Crippen molar-refractivity contribution in [2.24, 2.45) is 5.92 Å². The average molecular weight is 419 g/mol. The summed E-state index contributed by atoms with van der Waals surface area (Å²) in [6.45, 7) is 3.58. The van der Waals surface area contributed by atoms with E-state index in [-0.39, 0.29) is 17.6 Å². The second-order valence-electron chi connectivity index (χ2n) is 7.21. The minimum Gasteiger partial charge on any atom is -0.465 e. The van der Waals surface area contributed by atoms with Crippen molar-refractivity contribution < 1.29 is 18.7 Å². The molecule has 29 heavy (non-hydrogen) atoms. The van der Waals surface area contributed by atoms with Gasteiger partial charge >= 0.3 is 5.97 Å². The maximum atomic E-state index is 14.0. The number of methoxy groups -OCH3 is 1. The van der Waals surface area contributed by atoms with Crippen molar-refractivity contribution >= 4 is 29.2 Å². The number of likely N-dealkylation sites (tertiary alicyclic amines) is 1. The maximum Gasteiger partial charge on any atom is 0.338 e. The molecule has 3 rings (SSSR count). The van der Waals surface area contributed by atoms with Crippen LogP contribution in [0.1, 0.15) is 34.3 Å². The third kappa shape index (κ3) is 4.95. The average Bonchev–Trinajstić information content (AvgIpc) is 2.72. The summed E-state index contributed by atoms with van der Waals surface area (Å²) in [6.07, 6.45) is 1.35. The first-order valence-corrected chi connectivity index (χ1v) is 9.92.